The number of halogens is 1. The van der Waals surface area contributed by atoms with Gasteiger partial charge in [-0.15, -0.1) is 0 Å². The van der Waals surface area contributed by atoms with Gasteiger partial charge in [0.2, 0.25) is 5.82 Å². The highest BCUT2D eigenvalue weighted by atomic mass is 19.1. The zero-order valence-corrected chi connectivity index (χ0v) is 7.68. The van der Waals surface area contributed by atoms with Crippen LogP contribution in [-0.4, -0.2) is 9.97 Å². The second kappa shape index (κ2) is 3.84. The van der Waals surface area contributed by atoms with Gasteiger partial charge < -0.3 is 0 Å². The maximum absolute atomic E-state index is 13.4. The van der Waals surface area contributed by atoms with Crippen LogP contribution in [0.1, 0.15) is 5.82 Å². The Labute approximate surface area is 85.9 Å². The SMILES string of the molecule is N#Cc1nccc(-c2ccccc2F)n1. The molecule has 0 aliphatic heterocycles. The van der Waals surface area contributed by atoms with Crippen molar-refractivity contribution in [2.75, 3.05) is 0 Å². The third kappa shape index (κ3) is 1.81. The van der Waals surface area contributed by atoms with E-state index in [1.807, 2.05) is 6.07 Å². The van der Waals surface area contributed by atoms with Gasteiger partial charge in [0.15, 0.2) is 0 Å². The van der Waals surface area contributed by atoms with E-state index in [1.165, 1.54) is 12.3 Å². The van der Waals surface area contributed by atoms with Crippen LogP contribution in [0.5, 0.6) is 0 Å². The van der Waals surface area contributed by atoms with Crippen LogP contribution in [0.15, 0.2) is 36.5 Å². The highest BCUT2D eigenvalue weighted by molar-refractivity contribution is 5.59. The largest absolute Gasteiger partial charge is 0.232 e. The molecule has 0 bridgehead atoms. The average Bonchev–Trinajstić information content (AvgIpc) is 2.30. The standard InChI is InChI=1S/C11H6FN3/c12-9-4-2-1-3-8(9)10-5-6-14-11(7-13)15-10/h1-6H. The molecule has 15 heavy (non-hydrogen) atoms. The summed E-state index contributed by atoms with van der Waals surface area (Å²) in [5.41, 5.74) is 0.788. The summed E-state index contributed by atoms with van der Waals surface area (Å²) in [6.45, 7) is 0. The first-order valence-corrected chi connectivity index (χ1v) is 4.29. The van der Waals surface area contributed by atoms with Crippen LogP contribution in [0.25, 0.3) is 11.3 Å². The number of hydrogen-bond acceptors (Lipinski definition) is 3. The highest BCUT2D eigenvalue weighted by Crippen LogP contribution is 2.19. The molecule has 0 atom stereocenters. The maximum Gasteiger partial charge on any atom is 0.232 e. The molecule has 0 aliphatic carbocycles. The summed E-state index contributed by atoms with van der Waals surface area (Å²) in [7, 11) is 0. The van der Waals surface area contributed by atoms with Gasteiger partial charge in [-0.2, -0.15) is 5.26 Å². The van der Waals surface area contributed by atoms with Crippen LogP contribution >= 0.6 is 0 Å². The molecule has 2 aromatic rings. The molecule has 0 N–H and O–H groups in total. The van der Waals surface area contributed by atoms with Crippen LogP contribution in [-0.2, 0) is 0 Å². The van der Waals surface area contributed by atoms with Gasteiger partial charge in [0, 0.05) is 11.8 Å². The minimum atomic E-state index is -0.361. The van der Waals surface area contributed by atoms with Gasteiger partial charge in [0.1, 0.15) is 11.9 Å². The Morgan fingerprint density at radius 2 is 2.00 bits per heavy atom. The molecule has 4 heteroatoms. The first-order valence-electron chi connectivity index (χ1n) is 4.29. The Bertz CT molecular complexity index is 531. The van der Waals surface area contributed by atoms with Crippen molar-refractivity contribution in [1.82, 2.24) is 9.97 Å². The molecule has 0 radical (unpaired) electrons. The molecule has 0 amide bonds. The average molecular weight is 199 g/mol. The van der Waals surface area contributed by atoms with Crippen molar-refractivity contribution in [3.8, 4) is 17.3 Å². The van der Waals surface area contributed by atoms with E-state index in [-0.39, 0.29) is 11.6 Å². The van der Waals surface area contributed by atoms with Crippen molar-refractivity contribution in [2.24, 2.45) is 0 Å². The molecule has 0 saturated carbocycles. The fourth-order valence-corrected chi connectivity index (χ4v) is 1.23. The van der Waals surface area contributed by atoms with Crippen LogP contribution < -0.4 is 0 Å². The lowest BCUT2D eigenvalue weighted by molar-refractivity contribution is 0.630. The molecular formula is C11H6FN3. The minimum absolute atomic E-state index is 0.0377. The van der Waals surface area contributed by atoms with Gasteiger partial charge in [-0.05, 0) is 18.2 Å². The van der Waals surface area contributed by atoms with Crippen LogP contribution in [0, 0.1) is 17.1 Å². The van der Waals surface area contributed by atoms with Gasteiger partial charge in [0.05, 0.1) is 5.69 Å². The van der Waals surface area contributed by atoms with E-state index in [0.717, 1.165) is 0 Å². The highest BCUT2D eigenvalue weighted by Gasteiger charge is 2.05. The van der Waals surface area contributed by atoms with Crippen LogP contribution in [0.2, 0.25) is 0 Å². The van der Waals surface area contributed by atoms with Crippen molar-refractivity contribution in [3.05, 3.63) is 48.2 Å². The normalized spacial score (nSPS) is 9.60. The van der Waals surface area contributed by atoms with Gasteiger partial charge in [-0.25, -0.2) is 14.4 Å². The zero-order valence-electron chi connectivity index (χ0n) is 7.68. The van der Waals surface area contributed by atoms with E-state index < -0.39 is 0 Å². The number of nitrogens with zero attached hydrogens (tertiary/aromatic N) is 3. The Hall–Kier alpha value is -2.28. The molecule has 72 valence electrons. The van der Waals surface area contributed by atoms with E-state index in [9.17, 15) is 4.39 Å². The topological polar surface area (TPSA) is 49.6 Å². The number of aromatic nitrogens is 2. The molecule has 2 rings (SSSR count). The molecular weight excluding hydrogens is 193 g/mol. The Kier molecular flexibility index (Phi) is 2.38. The Morgan fingerprint density at radius 1 is 1.20 bits per heavy atom. The summed E-state index contributed by atoms with van der Waals surface area (Å²) in [5.74, 6) is -0.323. The molecule has 0 fully saturated rings. The van der Waals surface area contributed by atoms with Gasteiger partial charge in [0.25, 0.3) is 0 Å². The molecule has 0 spiro atoms. The molecule has 1 heterocycles. The van der Waals surface area contributed by atoms with Crippen molar-refractivity contribution in [3.63, 3.8) is 0 Å². The Balaban J connectivity index is 2.55. The fourth-order valence-electron chi connectivity index (χ4n) is 1.23. The van der Waals surface area contributed by atoms with E-state index in [4.69, 9.17) is 5.26 Å². The predicted octanol–water partition coefficient (Wildman–Crippen LogP) is 2.15. The van der Waals surface area contributed by atoms with Crippen molar-refractivity contribution in [2.45, 2.75) is 0 Å². The number of rotatable bonds is 1. The number of nitriles is 1. The summed E-state index contributed by atoms with van der Waals surface area (Å²) >= 11 is 0. The van der Waals surface area contributed by atoms with Crippen molar-refractivity contribution < 1.29 is 4.39 Å². The predicted molar refractivity (Wildman–Crippen MR) is 52.1 cm³/mol. The monoisotopic (exact) mass is 199 g/mol. The van der Waals surface area contributed by atoms with E-state index >= 15 is 0 Å². The first kappa shape index (κ1) is 9.28. The zero-order chi connectivity index (χ0) is 10.7. The number of hydrogen-bond donors (Lipinski definition) is 0. The first-order chi connectivity index (χ1) is 7.31. The molecule has 1 aromatic heterocycles. The summed E-state index contributed by atoms with van der Waals surface area (Å²) < 4.78 is 13.4. The Morgan fingerprint density at radius 3 is 2.73 bits per heavy atom. The molecule has 0 aliphatic rings. The summed E-state index contributed by atoms with van der Waals surface area (Å²) in [4.78, 5) is 7.63. The van der Waals surface area contributed by atoms with Crippen LogP contribution in [0.3, 0.4) is 0 Å². The lowest BCUT2D eigenvalue weighted by atomic mass is 10.1. The quantitative estimate of drug-likeness (QED) is 0.707. The van der Waals surface area contributed by atoms with E-state index in [1.54, 1.807) is 24.3 Å². The lowest BCUT2D eigenvalue weighted by Gasteiger charge is -2.01. The van der Waals surface area contributed by atoms with Gasteiger partial charge in [-0.1, -0.05) is 12.1 Å². The molecule has 1 aromatic carbocycles. The molecule has 3 nitrogen and oxygen atoms in total. The smallest absolute Gasteiger partial charge is 0.227 e. The van der Waals surface area contributed by atoms with Gasteiger partial charge in [-0.3, -0.25) is 0 Å². The van der Waals surface area contributed by atoms with Crippen molar-refractivity contribution in [1.29, 1.82) is 5.26 Å². The van der Waals surface area contributed by atoms with Crippen molar-refractivity contribution >= 4 is 0 Å². The lowest BCUT2D eigenvalue weighted by Crippen LogP contribution is -1.92. The third-order valence-electron chi connectivity index (χ3n) is 1.91. The number of benzene rings is 1. The second-order valence-corrected chi connectivity index (χ2v) is 2.86. The fraction of sp³-hybridized carbons (Fsp3) is 0. The maximum atomic E-state index is 13.4. The van der Waals surface area contributed by atoms with Gasteiger partial charge >= 0.3 is 0 Å². The molecule has 0 saturated heterocycles. The second-order valence-electron chi connectivity index (χ2n) is 2.86. The summed E-state index contributed by atoms with van der Waals surface area (Å²) in [6, 6.07) is 9.66. The minimum Gasteiger partial charge on any atom is -0.227 e. The summed E-state index contributed by atoms with van der Waals surface area (Å²) in [5, 5.41) is 8.61. The van der Waals surface area contributed by atoms with E-state index in [0.29, 0.717) is 11.3 Å². The van der Waals surface area contributed by atoms with E-state index in [2.05, 4.69) is 9.97 Å². The molecule has 0 unspecified atom stereocenters. The van der Waals surface area contributed by atoms with Crippen LogP contribution in [0.4, 0.5) is 4.39 Å². The third-order valence-corrected chi connectivity index (χ3v) is 1.91. The summed E-state index contributed by atoms with van der Waals surface area (Å²) in [6.07, 6.45) is 1.44.